The first-order valence-corrected chi connectivity index (χ1v) is 16.8. The molecule has 0 aromatic heterocycles. The molecule has 6 nitrogen and oxygen atoms in total. The second-order valence-corrected chi connectivity index (χ2v) is 17.1. The predicted molar refractivity (Wildman–Crippen MR) is 162 cm³/mol. The third-order valence-corrected chi connectivity index (χ3v) is 15.9. The summed E-state index contributed by atoms with van der Waals surface area (Å²) in [4.78, 5) is 12.4. The summed E-state index contributed by atoms with van der Waals surface area (Å²) in [5.74, 6) is 2.39. The third-order valence-electron chi connectivity index (χ3n) is 15.9. The topological polar surface area (TPSA) is 88.0 Å². The molecule has 1 aliphatic heterocycles. The van der Waals surface area contributed by atoms with Crippen molar-refractivity contribution >= 4 is 6.09 Å². The number of fused-ring (bicyclic) bond motifs is 3. The zero-order valence-electron chi connectivity index (χ0n) is 27.2. The molecule has 234 valence electrons. The molecule has 5 saturated carbocycles. The standard InChI is InChI=1S/C36H55NO5/c1-10-33-20(2)19-23(28(31(6,7)40)42-29(39)37-9)41-27(33)22-13-15-36(22)25-12-11-24-30(4,5)26(38)14-16-34(24)21(3)35(25,34)18-17-32(33,36)8/h10,13,15,20-28,38,40H,1,11-12,14,16-19H2,2-9H3,(H,37,39). The minimum Gasteiger partial charge on any atom is -0.440 e. The van der Waals surface area contributed by atoms with Crippen LogP contribution in [0.1, 0.15) is 93.4 Å². The number of amides is 1. The van der Waals surface area contributed by atoms with Gasteiger partial charge in [0.2, 0.25) is 0 Å². The molecule has 42 heavy (non-hydrogen) atoms. The Balaban J connectivity index is 1.30. The molecular formula is C36H55NO5. The van der Waals surface area contributed by atoms with Crippen LogP contribution in [-0.4, -0.2) is 53.4 Å². The molecule has 3 N–H and O–H groups in total. The number of rotatable bonds is 4. The van der Waals surface area contributed by atoms with Gasteiger partial charge in [-0.2, -0.15) is 0 Å². The van der Waals surface area contributed by atoms with Crippen molar-refractivity contribution in [3.63, 3.8) is 0 Å². The second-order valence-electron chi connectivity index (χ2n) is 17.1. The van der Waals surface area contributed by atoms with Crippen LogP contribution in [-0.2, 0) is 9.47 Å². The van der Waals surface area contributed by atoms with Crippen molar-refractivity contribution in [3.8, 4) is 0 Å². The van der Waals surface area contributed by atoms with E-state index in [1.165, 1.54) is 19.3 Å². The predicted octanol–water partition coefficient (Wildman–Crippen LogP) is 6.26. The van der Waals surface area contributed by atoms with E-state index in [4.69, 9.17) is 9.47 Å². The fraction of sp³-hybridized carbons (Fsp3) is 0.861. The van der Waals surface area contributed by atoms with Crippen molar-refractivity contribution in [2.24, 2.45) is 62.1 Å². The second kappa shape index (κ2) is 8.46. The molecule has 7 aliphatic rings. The normalized spacial score (nSPS) is 55.3. The van der Waals surface area contributed by atoms with E-state index in [1.54, 1.807) is 20.9 Å². The summed E-state index contributed by atoms with van der Waals surface area (Å²) < 4.78 is 13.0. The minimum absolute atomic E-state index is 0.0120. The maximum Gasteiger partial charge on any atom is 0.407 e. The number of hydrogen-bond donors (Lipinski definition) is 3. The Hall–Kier alpha value is -1.37. The zero-order valence-corrected chi connectivity index (χ0v) is 27.2. The van der Waals surface area contributed by atoms with Crippen LogP contribution in [0.15, 0.2) is 24.8 Å². The molecule has 0 bridgehead atoms. The van der Waals surface area contributed by atoms with Crippen molar-refractivity contribution in [1.29, 1.82) is 0 Å². The van der Waals surface area contributed by atoms with Gasteiger partial charge >= 0.3 is 6.09 Å². The van der Waals surface area contributed by atoms with Crippen LogP contribution in [0, 0.1) is 62.1 Å². The first-order chi connectivity index (χ1) is 19.6. The molecule has 14 atom stereocenters. The van der Waals surface area contributed by atoms with Crippen molar-refractivity contribution in [2.75, 3.05) is 7.05 Å². The lowest BCUT2D eigenvalue weighted by Gasteiger charge is -2.67. The molecule has 0 aromatic rings. The molecule has 3 spiro atoms. The van der Waals surface area contributed by atoms with E-state index in [-0.39, 0.29) is 45.7 Å². The lowest BCUT2D eigenvalue weighted by Crippen LogP contribution is -2.62. The van der Waals surface area contributed by atoms with Crippen LogP contribution >= 0.6 is 0 Å². The maximum absolute atomic E-state index is 12.4. The fourth-order valence-corrected chi connectivity index (χ4v) is 14.2. The van der Waals surface area contributed by atoms with E-state index in [2.05, 4.69) is 64.7 Å². The lowest BCUT2D eigenvalue weighted by atomic mass is 9.36. The van der Waals surface area contributed by atoms with Gasteiger partial charge < -0.3 is 25.0 Å². The molecular weight excluding hydrogens is 526 g/mol. The van der Waals surface area contributed by atoms with Crippen LogP contribution in [0.25, 0.3) is 0 Å². The molecule has 6 fully saturated rings. The van der Waals surface area contributed by atoms with E-state index in [0.717, 1.165) is 19.3 Å². The van der Waals surface area contributed by atoms with Gasteiger partial charge in [-0.1, -0.05) is 52.8 Å². The van der Waals surface area contributed by atoms with Gasteiger partial charge in [0, 0.05) is 23.8 Å². The van der Waals surface area contributed by atoms with E-state index >= 15 is 0 Å². The van der Waals surface area contributed by atoms with Crippen LogP contribution in [0.4, 0.5) is 4.79 Å². The summed E-state index contributed by atoms with van der Waals surface area (Å²) in [6.07, 6.45) is 12.9. The van der Waals surface area contributed by atoms with E-state index in [0.29, 0.717) is 35.0 Å². The molecule has 6 heteroatoms. The molecule has 7 rings (SSSR count). The van der Waals surface area contributed by atoms with Crippen LogP contribution in [0.5, 0.6) is 0 Å². The van der Waals surface area contributed by atoms with Gasteiger partial charge in [-0.15, -0.1) is 6.58 Å². The van der Waals surface area contributed by atoms with Gasteiger partial charge in [0.05, 0.1) is 23.9 Å². The lowest BCUT2D eigenvalue weighted by molar-refractivity contribution is -0.216. The van der Waals surface area contributed by atoms with Crippen molar-refractivity contribution in [1.82, 2.24) is 5.32 Å². The number of carbonyl (C=O) groups excluding carboxylic acids is 1. The van der Waals surface area contributed by atoms with Gasteiger partial charge in [0.15, 0.2) is 6.10 Å². The van der Waals surface area contributed by atoms with E-state index in [9.17, 15) is 15.0 Å². The van der Waals surface area contributed by atoms with Crippen molar-refractivity contribution < 1.29 is 24.5 Å². The number of nitrogens with one attached hydrogen (secondary N) is 1. The van der Waals surface area contributed by atoms with Crippen LogP contribution in [0.2, 0.25) is 0 Å². The van der Waals surface area contributed by atoms with E-state index < -0.39 is 23.9 Å². The number of hydrogen-bond acceptors (Lipinski definition) is 5. The van der Waals surface area contributed by atoms with Gasteiger partial charge in [0.1, 0.15) is 0 Å². The maximum atomic E-state index is 12.4. The Morgan fingerprint density at radius 2 is 1.79 bits per heavy atom. The largest absolute Gasteiger partial charge is 0.440 e. The van der Waals surface area contributed by atoms with Gasteiger partial charge in [-0.25, -0.2) is 4.79 Å². The van der Waals surface area contributed by atoms with Crippen molar-refractivity contribution in [3.05, 3.63) is 24.8 Å². The number of ether oxygens (including phenoxy) is 2. The smallest absolute Gasteiger partial charge is 0.407 e. The Morgan fingerprint density at radius 3 is 2.38 bits per heavy atom. The summed E-state index contributed by atoms with van der Waals surface area (Å²) >= 11 is 0. The molecule has 14 unspecified atom stereocenters. The zero-order chi connectivity index (χ0) is 30.5. The minimum atomic E-state index is -1.25. The van der Waals surface area contributed by atoms with E-state index in [1.807, 2.05) is 0 Å². The van der Waals surface area contributed by atoms with Crippen LogP contribution < -0.4 is 5.32 Å². The summed E-state index contributed by atoms with van der Waals surface area (Å²) in [7, 11) is 1.55. The molecule has 0 aromatic carbocycles. The number of carbonyl (C=O) groups is 1. The Bertz CT molecular complexity index is 1220. The number of aliphatic hydroxyl groups excluding tert-OH is 1. The SMILES string of the molecule is C=CC12C(C)CC(C(OC(=O)NC)C(C)(C)O)OC1C1C=CC13C1CCC4C(C)(C)C(O)CCC45C(C)C15CCC23C. The summed E-state index contributed by atoms with van der Waals surface area (Å²) in [5.41, 5.74) is -0.778. The quantitative estimate of drug-likeness (QED) is 0.341. The van der Waals surface area contributed by atoms with Gasteiger partial charge in [-0.3, -0.25) is 0 Å². The number of alkyl carbamates (subject to hydrolysis) is 1. The summed E-state index contributed by atoms with van der Waals surface area (Å²) in [6.45, 7) is 20.1. The summed E-state index contributed by atoms with van der Waals surface area (Å²) in [6, 6.07) is 0. The van der Waals surface area contributed by atoms with Gasteiger partial charge in [-0.05, 0) is 104 Å². The number of allylic oxidation sites excluding steroid dienone is 1. The first-order valence-electron chi connectivity index (χ1n) is 16.8. The molecule has 1 saturated heterocycles. The van der Waals surface area contributed by atoms with Gasteiger partial charge in [0.25, 0.3) is 0 Å². The average Bonchev–Trinajstić information content (AvgIpc) is 3.39. The summed E-state index contributed by atoms with van der Waals surface area (Å²) in [5, 5.41) is 24.8. The highest BCUT2D eigenvalue weighted by Crippen LogP contribution is 2.94. The monoisotopic (exact) mass is 581 g/mol. The first kappa shape index (κ1) is 29.3. The Morgan fingerprint density at radius 1 is 1.12 bits per heavy atom. The molecule has 0 radical (unpaired) electrons. The van der Waals surface area contributed by atoms with Crippen molar-refractivity contribution in [2.45, 2.75) is 123 Å². The fourth-order valence-electron chi connectivity index (χ4n) is 14.2. The Labute approximate surface area is 253 Å². The molecule has 1 amide bonds. The Kier molecular flexibility index (Phi) is 5.91. The highest BCUT2D eigenvalue weighted by molar-refractivity contribution is 5.67. The molecule has 6 aliphatic carbocycles. The number of aliphatic hydroxyl groups is 2. The highest BCUT2D eigenvalue weighted by Gasteiger charge is 2.90. The average molecular weight is 582 g/mol. The third kappa shape index (κ3) is 2.85. The molecule has 1 heterocycles. The highest BCUT2D eigenvalue weighted by atomic mass is 16.6. The van der Waals surface area contributed by atoms with Crippen LogP contribution in [0.3, 0.4) is 0 Å².